The molecule has 48 valence electrons. The molecule has 0 bridgehead atoms. The molecule has 0 aliphatic carbocycles. The predicted molar refractivity (Wildman–Crippen MR) is 35.9 cm³/mol. The average Bonchev–Trinajstić information content (AvgIpc) is 1.83. The zero-order valence-corrected chi connectivity index (χ0v) is 6.69. The Hall–Kier alpha value is 0.137. The first-order valence-electron chi connectivity index (χ1n) is 2.81. The Morgan fingerprint density at radius 1 is 1.75 bits per heavy atom. The van der Waals surface area contributed by atoms with E-state index in [-0.39, 0.29) is 0 Å². The smallest absolute Gasteiger partial charge is 0.247 e. The molecule has 2 radical (unpaired) electrons. The van der Waals surface area contributed by atoms with E-state index in [4.69, 9.17) is 4.43 Å². The van der Waals surface area contributed by atoms with Crippen LogP contribution in [-0.2, 0) is 4.43 Å². The van der Waals surface area contributed by atoms with Gasteiger partial charge in [-0.05, 0) is 13.5 Å². The van der Waals surface area contributed by atoms with Crippen molar-refractivity contribution in [1.29, 1.82) is 0 Å². The molecule has 0 aliphatic heterocycles. The molecule has 0 rings (SSSR count). The van der Waals surface area contributed by atoms with E-state index in [1.54, 1.807) is 7.11 Å². The van der Waals surface area contributed by atoms with E-state index in [0.29, 0.717) is 15.4 Å². The second kappa shape index (κ2) is 5.28. The van der Waals surface area contributed by atoms with Crippen LogP contribution >= 0.6 is 0 Å². The molecule has 1 unspecified atom stereocenters. The van der Waals surface area contributed by atoms with Gasteiger partial charge in [-0.1, -0.05) is 6.92 Å². The van der Waals surface area contributed by atoms with Crippen molar-refractivity contribution in [3.8, 4) is 0 Å². The average molecular weight is 131 g/mol. The summed E-state index contributed by atoms with van der Waals surface area (Å²) in [6, 6.07) is 0. The number of nitrogens with one attached hydrogen (secondary N) is 1. The lowest BCUT2D eigenvalue weighted by molar-refractivity contribution is 0.422. The largest absolute Gasteiger partial charge is 0.419 e. The van der Waals surface area contributed by atoms with Gasteiger partial charge in [0.25, 0.3) is 0 Å². The van der Waals surface area contributed by atoms with Gasteiger partial charge in [-0.3, -0.25) is 0 Å². The van der Waals surface area contributed by atoms with Crippen LogP contribution in [0.1, 0.15) is 13.3 Å². The van der Waals surface area contributed by atoms with E-state index in [2.05, 4.69) is 12.2 Å². The van der Waals surface area contributed by atoms with Gasteiger partial charge in [0.2, 0.25) is 9.76 Å². The maximum Gasteiger partial charge on any atom is 0.247 e. The molecular weight excluding hydrogens is 118 g/mol. The minimum absolute atomic E-state index is 0.556. The Morgan fingerprint density at radius 2 is 2.38 bits per heavy atom. The van der Waals surface area contributed by atoms with Gasteiger partial charge in [-0.2, -0.15) is 0 Å². The zero-order chi connectivity index (χ0) is 6.41. The minimum Gasteiger partial charge on any atom is -0.419 e. The van der Waals surface area contributed by atoms with Gasteiger partial charge in [-0.15, -0.1) is 0 Å². The fraction of sp³-hybridized carbons (Fsp3) is 1.00. The first-order chi connectivity index (χ1) is 3.85. The highest BCUT2D eigenvalue weighted by Crippen LogP contribution is 1.84. The molecule has 0 aliphatic rings. The molecule has 0 spiro atoms. The maximum absolute atomic E-state index is 4.95. The van der Waals surface area contributed by atoms with Gasteiger partial charge in [0.05, 0.1) is 0 Å². The van der Waals surface area contributed by atoms with Crippen molar-refractivity contribution in [3.05, 3.63) is 0 Å². The normalized spacial score (nSPS) is 13.9. The van der Waals surface area contributed by atoms with E-state index in [9.17, 15) is 0 Å². The molecule has 0 amide bonds. The third-order valence-corrected chi connectivity index (χ3v) is 2.23. The Balaban J connectivity index is 3.07. The van der Waals surface area contributed by atoms with Crippen molar-refractivity contribution in [3.63, 3.8) is 0 Å². The van der Waals surface area contributed by atoms with Crippen LogP contribution in [0.25, 0.3) is 0 Å². The summed E-state index contributed by atoms with van der Waals surface area (Å²) >= 11 is 0. The molecule has 0 aromatic rings. The van der Waals surface area contributed by atoms with Crippen molar-refractivity contribution < 1.29 is 4.43 Å². The van der Waals surface area contributed by atoms with Crippen LogP contribution in [0.15, 0.2) is 0 Å². The second-order valence-electron chi connectivity index (χ2n) is 1.57. The quantitative estimate of drug-likeness (QED) is 0.551. The Bertz CT molecular complexity index is 47.7. The highest BCUT2D eigenvalue weighted by molar-refractivity contribution is 6.29. The van der Waals surface area contributed by atoms with Crippen LogP contribution < -0.4 is 5.32 Å². The molecule has 3 heteroatoms. The molecule has 8 heavy (non-hydrogen) atoms. The van der Waals surface area contributed by atoms with E-state index < -0.39 is 0 Å². The van der Waals surface area contributed by atoms with Crippen LogP contribution in [0, 0.1) is 0 Å². The van der Waals surface area contributed by atoms with Crippen molar-refractivity contribution in [2.24, 2.45) is 0 Å². The minimum atomic E-state index is 0.556. The van der Waals surface area contributed by atoms with Gasteiger partial charge < -0.3 is 9.74 Å². The second-order valence-corrected chi connectivity index (χ2v) is 2.91. The SMILES string of the molecule is CCC(NC)[Si]OC. The monoisotopic (exact) mass is 131 g/mol. The van der Waals surface area contributed by atoms with Gasteiger partial charge in [0, 0.05) is 12.8 Å². The van der Waals surface area contributed by atoms with Crippen molar-refractivity contribution >= 4 is 9.76 Å². The first kappa shape index (κ1) is 8.14. The fourth-order valence-electron chi connectivity index (χ4n) is 0.489. The molecule has 0 heterocycles. The summed E-state index contributed by atoms with van der Waals surface area (Å²) in [5, 5.41) is 3.14. The van der Waals surface area contributed by atoms with E-state index in [1.165, 1.54) is 0 Å². The molecule has 2 nitrogen and oxygen atoms in total. The topological polar surface area (TPSA) is 21.3 Å². The van der Waals surface area contributed by atoms with E-state index >= 15 is 0 Å². The Kier molecular flexibility index (Phi) is 5.37. The molecular formula is C5H13NOSi. The summed E-state index contributed by atoms with van der Waals surface area (Å²) < 4.78 is 4.95. The van der Waals surface area contributed by atoms with Crippen LogP contribution in [0.3, 0.4) is 0 Å². The number of hydrogen-bond donors (Lipinski definition) is 1. The Labute approximate surface area is 53.6 Å². The van der Waals surface area contributed by atoms with Gasteiger partial charge in [-0.25, -0.2) is 0 Å². The molecule has 1 atom stereocenters. The van der Waals surface area contributed by atoms with Crippen LogP contribution in [0.2, 0.25) is 0 Å². The van der Waals surface area contributed by atoms with Gasteiger partial charge in [0.1, 0.15) is 0 Å². The summed E-state index contributed by atoms with van der Waals surface area (Å²) in [5.74, 6) is 0. The number of hydrogen-bond acceptors (Lipinski definition) is 2. The zero-order valence-electron chi connectivity index (χ0n) is 5.69. The molecule has 0 saturated heterocycles. The summed E-state index contributed by atoms with van der Waals surface area (Å²) in [4.78, 5) is 0. The highest BCUT2D eigenvalue weighted by Gasteiger charge is 2.01. The van der Waals surface area contributed by atoms with Crippen molar-refractivity contribution in [1.82, 2.24) is 5.32 Å². The summed E-state index contributed by atoms with van der Waals surface area (Å²) in [6.45, 7) is 2.15. The van der Waals surface area contributed by atoms with Crippen LogP contribution in [0.4, 0.5) is 0 Å². The van der Waals surface area contributed by atoms with Crippen molar-refractivity contribution in [2.45, 2.75) is 19.0 Å². The standard InChI is InChI=1S/C5H13NOSi/c1-4-5(6-2)8-7-3/h5-6H,4H2,1-3H3. The van der Waals surface area contributed by atoms with Crippen molar-refractivity contribution in [2.75, 3.05) is 14.2 Å². The van der Waals surface area contributed by atoms with Crippen LogP contribution in [-0.4, -0.2) is 29.6 Å². The Morgan fingerprint density at radius 3 is 2.50 bits per heavy atom. The lowest BCUT2D eigenvalue weighted by Crippen LogP contribution is -2.31. The summed E-state index contributed by atoms with van der Waals surface area (Å²) in [7, 11) is 4.29. The fourth-order valence-corrected chi connectivity index (χ4v) is 1.06. The number of rotatable bonds is 4. The van der Waals surface area contributed by atoms with Gasteiger partial charge in [0.15, 0.2) is 0 Å². The highest BCUT2D eigenvalue weighted by atomic mass is 28.2. The molecule has 0 saturated carbocycles. The van der Waals surface area contributed by atoms with E-state index in [0.717, 1.165) is 6.42 Å². The molecule has 1 N–H and O–H groups in total. The third kappa shape index (κ3) is 3.18. The lowest BCUT2D eigenvalue weighted by atomic mass is 10.5. The van der Waals surface area contributed by atoms with E-state index in [1.807, 2.05) is 7.05 Å². The predicted octanol–water partition coefficient (Wildman–Crippen LogP) is 0.207. The molecule has 0 fully saturated rings. The third-order valence-electron chi connectivity index (χ3n) is 1.02. The summed E-state index contributed by atoms with van der Waals surface area (Å²) in [6.07, 6.45) is 1.14. The summed E-state index contributed by atoms with van der Waals surface area (Å²) in [5.41, 5.74) is 0.556. The van der Waals surface area contributed by atoms with Crippen LogP contribution in [0.5, 0.6) is 0 Å². The van der Waals surface area contributed by atoms with Gasteiger partial charge >= 0.3 is 0 Å². The maximum atomic E-state index is 4.95. The molecule has 0 aromatic carbocycles. The lowest BCUT2D eigenvalue weighted by Gasteiger charge is -2.08. The first-order valence-corrected chi connectivity index (χ1v) is 3.79. The molecule has 0 aromatic heterocycles.